The maximum Gasteiger partial charge on any atom is 0.115 e. The molecule has 2 N–H and O–H groups in total. The number of phenols is 1. The van der Waals surface area contributed by atoms with Gasteiger partial charge in [0.25, 0.3) is 0 Å². The number of aromatic hydroxyl groups is 1. The SMILES string of the molecule is CC(C)(C)Cc1c(CC(C)(C)Cc2ccc(O)cc2)[nH]c2ccccc12. The highest BCUT2D eigenvalue weighted by atomic mass is 16.3. The van der Waals surface area contributed by atoms with Crippen LogP contribution in [0.2, 0.25) is 0 Å². The van der Waals surface area contributed by atoms with Crippen molar-refractivity contribution in [1.29, 1.82) is 0 Å². The van der Waals surface area contributed by atoms with Gasteiger partial charge in [-0.3, -0.25) is 0 Å². The Bertz CT molecular complexity index is 879. The van der Waals surface area contributed by atoms with Crippen LogP contribution in [0.4, 0.5) is 0 Å². The second-order valence-electron chi connectivity index (χ2n) is 9.55. The maximum atomic E-state index is 9.51. The van der Waals surface area contributed by atoms with Gasteiger partial charge in [-0.05, 0) is 59.4 Å². The van der Waals surface area contributed by atoms with Crippen LogP contribution in [0.5, 0.6) is 5.75 Å². The van der Waals surface area contributed by atoms with Gasteiger partial charge in [0.1, 0.15) is 5.75 Å². The molecule has 2 heteroatoms. The summed E-state index contributed by atoms with van der Waals surface area (Å²) in [6, 6.07) is 16.3. The largest absolute Gasteiger partial charge is 0.508 e. The fourth-order valence-corrected chi connectivity index (χ4v) is 3.85. The summed E-state index contributed by atoms with van der Waals surface area (Å²) in [5, 5.41) is 10.9. The molecule has 2 nitrogen and oxygen atoms in total. The second kappa shape index (κ2) is 6.83. The molecular formula is C24H31NO. The van der Waals surface area contributed by atoms with Gasteiger partial charge in [-0.15, -0.1) is 0 Å². The molecule has 0 aliphatic carbocycles. The van der Waals surface area contributed by atoms with Crippen LogP contribution >= 0.6 is 0 Å². The number of nitrogens with one attached hydrogen (secondary N) is 1. The van der Waals surface area contributed by atoms with Gasteiger partial charge >= 0.3 is 0 Å². The predicted octanol–water partition coefficient (Wildman–Crippen LogP) is 6.27. The van der Waals surface area contributed by atoms with Crippen molar-refractivity contribution in [3.8, 4) is 5.75 Å². The Hall–Kier alpha value is -2.22. The number of aromatic nitrogens is 1. The highest BCUT2D eigenvalue weighted by Gasteiger charge is 2.25. The fourth-order valence-electron chi connectivity index (χ4n) is 3.85. The fraction of sp³-hybridized carbons (Fsp3) is 0.417. The van der Waals surface area contributed by atoms with Gasteiger partial charge in [0, 0.05) is 16.6 Å². The van der Waals surface area contributed by atoms with Crippen LogP contribution in [-0.4, -0.2) is 10.1 Å². The standard InChI is InChI=1S/C24H31NO/c1-23(2,3)15-20-19-8-6-7-9-21(19)25-22(20)16-24(4,5)14-17-10-12-18(26)13-11-17/h6-13,25-26H,14-16H2,1-5H3. The lowest BCUT2D eigenvalue weighted by molar-refractivity contribution is 0.352. The molecular weight excluding hydrogens is 318 g/mol. The molecule has 3 rings (SSSR count). The van der Waals surface area contributed by atoms with Crippen molar-refractivity contribution in [2.45, 2.75) is 53.9 Å². The Morgan fingerprint density at radius 2 is 1.46 bits per heavy atom. The van der Waals surface area contributed by atoms with Crippen molar-refractivity contribution >= 4 is 10.9 Å². The molecule has 0 saturated heterocycles. The van der Waals surface area contributed by atoms with E-state index in [1.54, 1.807) is 12.1 Å². The van der Waals surface area contributed by atoms with E-state index in [4.69, 9.17) is 0 Å². The smallest absolute Gasteiger partial charge is 0.115 e. The first-order chi connectivity index (χ1) is 12.1. The van der Waals surface area contributed by atoms with E-state index < -0.39 is 0 Å². The molecule has 2 aromatic carbocycles. The van der Waals surface area contributed by atoms with Gasteiger partial charge in [0.15, 0.2) is 0 Å². The van der Waals surface area contributed by atoms with Gasteiger partial charge in [-0.1, -0.05) is 65.0 Å². The number of hydrogen-bond donors (Lipinski definition) is 2. The number of fused-ring (bicyclic) bond motifs is 1. The molecule has 0 aliphatic rings. The van der Waals surface area contributed by atoms with E-state index in [0.717, 1.165) is 19.3 Å². The van der Waals surface area contributed by atoms with Crippen LogP contribution < -0.4 is 0 Å². The van der Waals surface area contributed by atoms with Crippen molar-refractivity contribution in [3.63, 3.8) is 0 Å². The summed E-state index contributed by atoms with van der Waals surface area (Å²) in [5.74, 6) is 0.328. The molecule has 0 saturated carbocycles. The number of aromatic amines is 1. The average molecular weight is 350 g/mol. The van der Waals surface area contributed by atoms with Crippen molar-refractivity contribution < 1.29 is 5.11 Å². The van der Waals surface area contributed by atoms with Gasteiger partial charge in [0.05, 0.1) is 0 Å². The molecule has 26 heavy (non-hydrogen) atoms. The lowest BCUT2D eigenvalue weighted by atomic mass is 9.79. The number of hydrogen-bond acceptors (Lipinski definition) is 1. The van der Waals surface area contributed by atoms with E-state index in [2.05, 4.69) is 63.9 Å². The van der Waals surface area contributed by atoms with Crippen LogP contribution in [0.25, 0.3) is 10.9 Å². The lowest BCUT2D eigenvalue weighted by Gasteiger charge is -2.26. The summed E-state index contributed by atoms with van der Waals surface area (Å²) in [5.41, 5.74) is 5.71. The topological polar surface area (TPSA) is 36.0 Å². The molecule has 1 heterocycles. The molecule has 0 unspecified atom stereocenters. The average Bonchev–Trinajstić information content (AvgIpc) is 2.85. The van der Waals surface area contributed by atoms with E-state index in [9.17, 15) is 5.11 Å². The van der Waals surface area contributed by atoms with E-state index >= 15 is 0 Å². The normalized spacial score (nSPS) is 12.7. The molecule has 0 amide bonds. The number of H-pyrrole nitrogens is 1. The zero-order valence-corrected chi connectivity index (χ0v) is 16.7. The Balaban J connectivity index is 1.91. The molecule has 0 atom stereocenters. The number of para-hydroxylation sites is 1. The van der Waals surface area contributed by atoms with Crippen LogP contribution in [-0.2, 0) is 19.3 Å². The number of benzene rings is 2. The lowest BCUT2D eigenvalue weighted by Crippen LogP contribution is -2.20. The molecule has 0 bridgehead atoms. The maximum absolute atomic E-state index is 9.51. The third kappa shape index (κ3) is 4.49. The molecule has 138 valence electrons. The Morgan fingerprint density at radius 1 is 0.808 bits per heavy atom. The highest BCUT2D eigenvalue weighted by molar-refractivity contribution is 5.84. The first kappa shape index (κ1) is 18.6. The first-order valence-electron chi connectivity index (χ1n) is 9.49. The van der Waals surface area contributed by atoms with Crippen molar-refractivity contribution in [1.82, 2.24) is 4.98 Å². The summed E-state index contributed by atoms with van der Waals surface area (Å²) in [7, 11) is 0. The minimum atomic E-state index is 0.129. The van der Waals surface area contributed by atoms with Crippen LogP contribution in [0.1, 0.15) is 51.4 Å². The summed E-state index contributed by atoms with van der Waals surface area (Å²) < 4.78 is 0. The minimum absolute atomic E-state index is 0.129. The van der Waals surface area contributed by atoms with E-state index in [1.165, 1.54) is 27.7 Å². The summed E-state index contributed by atoms with van der Waals surface area (Å²) in [6.07, 6.45) is 3.06. The second-order valence-corrected chi connectivity index (χ2v) is 9.55. The Kier molecular flexibility index (Phi) is 4.88. The van der Waals surface area contributed by atoms with E-state index in [0.29, 0.717) is 5.75 Å². The molecule has 0 fully saturated rings. The molecule has 0 spiro atoms. The molecule has 0 aliphatic heterocycles. The van der Waals surface area contributed by atoms with Crippen molar-refractivity contribution in [3.05, 3.63) is 65.4 Å². The monoisotopic (exact) mass is 349 g/mol. The molecule has 1 aromatic heterocycles. The van der Waals surface area contributed by atoms with E-state index in [-0.39, 0.29) is 10.8 Å². The van der Waals surface area contributed by atoms with Gasteiger partial charge < -0.3 is 10.1 Å². The first-order valence-corrected chi connectivity index (χ1v) is 9.49. The summed E-state index contributed by atoms with van der Waals surface area (Å²) >= 11 is 0. The molecule has 0 radical (unpaired) electrons. The minimum Gasteiger partial charge on any atom is -0.508 e. The van der Waals surface area contributed by atoms with Crippen LogP contribution in [0.15, 0.2) is 48.5 Å². The zero-order chi connectivity index (χ0) is 18.9. The summed E-state index contributed by atoms with van der Waals surface area (Å²) in [4.78, 5) is 3.70. The van der Waals surface area contributed by atoms with Crippen molar-refractivity contribution in [2.24, 2.45) is 10.8 Å². The summed E-state index contributed by atoms with van der Waals surface area (Å²) in [6.45, 7) is 11.6. The third-order valence-electron chi connectivity index (χ3n) is 4.88. The van der Waals surface area contributed by atoms with Gasteiger partial charge in [-0.25, -0.2) is 0 Å². The van der Waals surface area contributed by atoms with Gasteiger partial charge in [-0.2, -0.15) is 0 Å². The Labute approximate surface area is 157 Å². The Morgan fingerprint density at radius 3 is 2.12 bits per heavy atom. The quantitative estimate of drug-likeness (QED) is 0.559. The van der Waals surface area contributed by atoms with Crippen molar-refractivity contribution in [2.75, 3.05) is 0 Å². The van der Waals surface area contributed by atoms with E-state index in [1.807, 2.05) is 12.1 Å². The molecule has 3 aromatic rings. The van der Waals surface area contributed by atoms with Crippen LogP contribution in [0, 0.1) is 10.8 Å². The van der Waals surface area contributed by atoms with Crippen LogP contribution in [0.3, 0.4) is 0 Å². The number of rotatable bonds is 5. The number of phenolic OH excluding ortho intramolecular Hbond substituents is 1. The highest BCUT2D eigenvalue weighted by Crippen LogP contribution is 2.34. The zero-order valence-electron chi connectivity index (χ0n) is 16.7. The third-order valence-corrected chi connectivity index (χ3v) is 4.88. The van der Waals surface area contributed by atoms with Gasteiger partial charge in [0.2, 0.25) is 0 Å². The predicted molar refractivity (Wildman–Crippen MR) is 111 cm³/mol.